The second kappa shape index (κ2) is 4.71. The second-order valence-corrected chi connectivity index (χ2v) is 4.14. The molecule has 2 N–H and O–H groups in total. The van der Waals surface area contributed by atoms with Crippen LogP contribution in [0.15, 0.2) is 35.8 Å². The molecule has 0 saturated heterocycles. The fourth-order valence-electron chi connectivity index (χ4n) is 1.17. The minimum atomic E-state index is -0.423. The summed E-state index contributed by atoms with van der Waals surface area (Å²) in [5, 5.41) is 14.9. The van der Waals surface area contributed by atoms with E-state index in [1.54, 1.807) is 0 Å². The molecule has 2 aromatic rings. The van der Waals surface area contributed by atoms with E-state index in [0.717, 1.165) is 11.3 Å². The number of amides is 1. The second-order valence-electron chi connectivity index (χ2n) is 3.08. The van der Waals surface area contributed by atoms with Crippen molar-refractivity contribution in [3.05, 3.63) is 40.4 Å². The Bertz CT molecular complexity index is 567. The van der Waals surface area contributed by atoms with Crippen LogP contribution in [0, 0.1) is 4.91 Å². The molecule has 2 rings (SSSR count). The Hall–Kier alpha value is -2.28. The summed E-state index contributed by atoms with van der Waals surface area (Å²) in [4.78, 5) is 26.1. The fourth-order valence-corrected chi connectivity index (χ4v) is 1.84. The summed E-state index contributed by atoms with van der Waals surface area (Å²) in [5.41, 5.74) is 0.214. The van der Waals surface area contributed by atoms with Gasteiger partial charge in [-0.3, -0.25) is 9.78 Å². The zero-order valence-corrected chi connectivity index (χ0v) is 9.27. The maximum atomic E-state index is 11.7. The molecule has 0 spiro atoms. The van der Waals surface area contributed by atoms with E-state index in [1.165, 1.54) is 30.6 Å². The third-order valence-electron chi connectivity index (χ3n) is 1.95. The van der Waals surface area contributed by atoms with Crippen LogP contribution in [-0.2, 0) is 0 Å². The van der Waals surface area contributed by atoms with Gasteiger partial charge in [0.05, 0.1) is 11.1 Å². The first-order valence-electron chi connectivity index (χ1n) is 4.58. The Morgan fingerprint density at radius 2 is 2.24 bits per heavy atom. The number of nitrogens with one attached hydrogen (secondary N) is 1. The van der Waals surface area contributed by atoms with Crippen molar-refractivity contribution in [2.24, 2.45) is 5.18 Å². The lowest BCUT2D eigenvalue weighted by molar-refractivity contribution is 0.103. The van der Waals surface area contributed by atoms with Crippen LogP contribution in [0.25, 0.3) is 0 Å². The van der Waals surface area contributed by atoms with Crippen molar-refractivity contribution >= 4 is 27.9 Å². The molecule has 17 heavy (non-hydrogen) atoms. The van der Waals surface area contributed by atoms with E-state index in [1.807, 2.05) is 0 Å². The van der Waals surface area contributed by atoms with Gasteiger partial charge in [0, 0.05) is 12.3 Å². The number of carbonyl (C=O) groups is 1. The van der Waals surface area contributed by atoms with Gasteiger partial charge in [-0.25, -0.2) is 0 Å². The summed E-state index contributed by atoms with van der Waals surface area (Å²) in [7, 11) is 0. The Morgan fingerprint density at radius 1 is 1.41 bits per heavy atom. The van der Waals surface area contributed by atoms with E-state index in [4.69, 9.17) is 0 Å². The molecule has 0 aliphatic heterocycles. The average molecular weight is 249 g/mol. The van der Waals surface area contributed by atoms with Gasteiger partial charge >= 0.3 is 0 Å². The van der Waals surface area contributed by atoms with E-state index >= 15 is 0 Å². The molecule has 0 unspecified atom stereocenters. The molecular weight excluding hydrogens is 242 g/mol. The number of thiophene rings is 1. The molecule has 86 valence electrons. The highest BCUT2D eigenvalue weighted by Gasteiger charge is 2.11. The normalized spacial score (nSPS) is 9.88. The molecule has 1 amide bonds. The van der Waals surface area contributed by atoms with Crippen LogP contribution in [0.2, 0.25) is 0 Å². The van der Waals surface area contributed by atoms with Gasteiger partial charge in [0.15, 0.2) is 5.00 Å². The fraction of sp³-hybridized carbons (Fsp3) is 0. The predicted octanol–water partition coefficient (Wildman–Crippen LogP) is 2.50. The molecule has 0 aromatic carbocycles. The Balaban J connectivity index is 2.17. The van der Waals surface area contributed by atoms with Gasteiger partial charge in [-0.1, -0.05) is 0 Å². The quantitative estimate of drug-likeness (QED) is 0.817. The lowest BCUT2D eigenvalue weighted by atomic mass is 10.3. The molecule has 6 nitrogen and oxygen atoms in total. The summed E-state index contributed by atoms with van der Waals surface area (Å²) < 4.78 is 0. The highest BCUT2D eigenvalue weighted by atomic mass is 32.1. The molecule has 0 radical (unpaired) electrons. The van der Waals surface area contributed by atoms with Crippen LogP contribution < -0.4 is 5.32 Å². The van der Waals surface area contributed by atoms with Gasteiger partial charge in [0.25, 0.3) is 5.91 Å². The Morgan fingerprint density at radius 3 is 2.88 bits per heavy atom. The number of rotatable bonds is 3. The Kier molecular flexibility index (Phi) is 3.10. The number of nitroso groups, excluding NO2 is 1. The minimum absolute atomic E-state index is 0.0707. The van der Waals surface area contributed by atoms with Gasteiger partial charge in [-0.2, -0.15) is 0 Å². The summed E-state index contributed by atoms with van der Waals surface area (Å²) in [6, 6.07) is 4.31. The topological polar surface area (TPSA) is 91.7 Å². The van der Waals surface area contributed by atoms with Crippen molar-refractivity contribution in [3.63, 3.8) is 0 Å². The zero-order chi connectivity index (χ0) is 12.3. The van der Waals surface area contributed by atoms with Crippen molar-refractivity contribution in [2.75, 3.05) is 5.32 Å². The maximum absolute atomic E-state index is 11.7. The zero-order valence-electron chi connectivity index (χ0n) is 8.45. The molecule has 7 heteroatoms. The summed E-state index contributed by atoms with van der Waals surface area (Å²) in [6.07, 6.45) is 2.74. The lowest BCUT2D eigenvalue weighted by Gasteiger charge is -2.04. The summed E-state index contributed by atoms with van der Waals surface area (Å²) in [6.45, 7) is 0. The number of pyridine rings is 1. The molecule has 0 saturated carbocycles. The number of nitrogens with zero attached hydrogens (tertiary/aromatic N) is 2. The predicted molar refractivity (Wildman–Crippen MR) is 63.6 cm³/mol. The molecule has 0 fully saturated rings. The Labute approximate surface area is 99.9 Å². The number of aromatic hydroxyl groups is 1. The van der Waals surface area contributed by atoms with Crippen LogP contribution in [0.3, 0.4) is 0 Å². The van der Waals surface area contributed by atoms with E-state index in [2.05, 4.69) is 15.5 Å². The SMILES string of the molecule is O=Nc1ccc(C(=O)Nc2cnccc2O)s1. The van der Waals surface area contributed by atoms with E-state index in [-0.39, 0.29) is 16.4 Å². The van der Waals surface area contributed by atoms with E-state index < -0.39 is 5.91 Å². The largest absolute Gasteiger partial charge is 0.506 e. The van der Waals surface area contributed by atoms with Gasteiger partial charge in [0.1, 0.15) is 11.4 Å². The number of aromatic nitrogens is 1. The van der Waals surface area contributed by atoms with Crippen LogP contribution in [0.5, 0.6) is 5.75 Å². The first kappa shape index (κ1) is 11.2. The lowest BCUT2D eigenvalue weighted by Crippen LogP contribution is -2.10. The maximum Gasteiger partial charge on any atom is 0.265 e. The van der Waals surface area contributed by atoms with Gasteiger partial charge in [0.2, 0.25) is 0 Å². The molecular formula is C10H7N3O3S. The summed E-state index contributed by atoms with van der Waals surface area (Å²) >= 11 is 0.973. The smallest absolute Gasteiger partial charge is 0.265 e. The average Bonchev–Trinajstić information content (AvgIpc) is 2.81. The molecule has 0 aliphatic rings. The third-order valence-corrected chi connectivity index (χ3v) is 2.91. The van der Waals surface area contributed by atoms with Crippen molar-refractivity contribution < 1.29 is 9.90 Å². The standard InChI is InChI=1S/C10H7N3O3S/c14-7-3-4-11-5-6(7)12-10(15)8-1-2-9(13-16)17-8/h1-5H,(H,11,14)(H,12,15). The van der Waals surface area contributed by atoms with Crippen molar-refractivity contribution in [1.29, 1.82) is 0 Å². The van der Waals surface area contributed by atoms with Gasteiger partial charge in [-0.15, -0.1) is 16.2 Å². The highest BCUT2D eigenvalue weighted by molar-refractivity contribution is 7.17. The third kappa shape index (κ3) is 2.45. The minimum Gasteiger partial charge on any atom is -0.506 e. The molecule has 0 bridgehead atoms. The number of carbonyl (C=O) groups excluding carboxylic acids is 1. The van der Waals surface area contributed by atoms with Gasteiger partial charge < -0.3 is 10.4 Å². The number of anilines is 1. The first-order chi connectivity index (χ1) is 8.20. The van der Waals surface area contributed by atoms with Crippen LogP contribution in [0.4, 0.5) is 10.7 Å². The first-order valence-corrected chi connectivity index (χ1v) is 5.40. The molecule has 2 aromatic heterocycles. The molecule has 0 atom stereocenters. The van der Waals surface area contributed by atoms with Crippen LogP contribution in [-0.4, -0.2) is 16.0 Å². The van der Waals surface area contributed by atoms with Crippen molar-refractivity contribution in [3.8, 4) is 5.75 Å². The molecule has 2 heterocycles. The summed E-state index contributed by atoms with van der Waals surface area (Å²) in [5.74, 6) is -0.494. The van der Waals surface area contributed by atoms with E-state index in [9.17, 15) is 14.8 Å². The van der Waals surface area contributed by atoms with Crippen molar-refractivity contribution in [2.45, 2.75) is 0 Å². The van der Waals surface area contributed by atoms with Gasteiger partial charge in [-0.05, 0) is 17.3 Å². The highest BCUT2D eigenvalue weighted by Crippen LogP contribution is 2.26. The molecule has 0 aliphatic carbocycles. The van der Waals surface area contributed by atoms with E-state index in [0.29, 0.717) is 4.88 Å². The number of hydrogen-bond donors (Lipinski definition) is 2. The van der Waals surface area contributed by atoms with Crippen LogP contribution in [0.1, 0.15) is 9.67 Å². The van der Waals surface area contributed by atoms with Crippen molar-refractivity contribution in [1.82, 2.24) is 4.98 Å². The number of hydrogen-bond acceptors (Lipinski definition) is 6. The van der Waals surface area contributed by atoms with Crippen LogP contribution >= 0.6 is 11.3 Å². The monoisotopic (exact) mass is 249 g/mol.